The number of carbonyl (C=O) groups is 1. The monoisotopic (exact) mass is 632 g/mol. The Kier molecular flexibility index (Phi) is 13.4. The number of nitrogens with one attached hydrogen (secondary N) is 3. The van der Waals surface area contributed by atoms with Crippen LogP contribution in [0.4, 0.5) is 11.4 Å². The Bertz CT molecular complexity index is 1300. The predicted molar refractivity (Wildman–Crippen MR) is 179 cm³/mol. The molecular formula is C32H45ClN4O5S. The molecule has 0 saturated carbocycles. The second kappa shape index (κ2) is 16.7. The Labute approximate surface area is 262 Å². The van der Waals surface area contributed by atoms with E-state index in [1.165, 1.54) is 0 Å². The van der Waals surface area contributed by atoms with Crippen molar-refractivity contribution >= 4 is 40.5 Å². The molecule has 3 aromatic carbocycles. The van der Waals surface area contributed by atoms with Gasteiger partial charge in [-0.2, -0.15) is 0 Å². The number of anilines is 2. The van der Waals surface area contributed by atoms with Crippen molar-refractivity contribution in [2.24, 2.45) is 0 Å². The zero-order chi connectivity index (χ0) is 30.0. The average molecular weight is 633 g/mol. The zero-order valence-corrected chi connectivity index (χ0v) is 26.5. The van der Waals surface area contributed by atoms with E-state index in [4.69, 9.17) is 4.74 Å². The Morgan fingerprint density at radius 3 is 2.51 bits per heavy atom. The van der Waals surface area contributed by atoms with Crippen LogP contribution in [-0.2, 0) is 12.8 Å². The van der Waals surface area contributed by atoms with Crippen LogP contribution in [-0.4, -0.2) is 71.3 Å². The summed E-state index contributed by atoms with van der Waals surface area (Å²) in [5.74, 6) is 0.813. The number of halogens is 1. The highest BCUT2D eigenvalue weighted by molar-refractivity contribution is 8.25. The van der Waals surface area contributed by atoms with Crippen molar-refractivity contribution in [3.8, 4) is 5.75 Å². The van der Waals surface area contributed by atoms with Gasteiger partial charge in [0.15, 0.2) is 0 Å². The Balaban J connectivity index is 0.00000506. The number of hydrogen-bond donors (Lipinski definition) is 6. The molecular weight excluding hydrogens is 588 g/mol. The molecule has 6 N–H and O–H groups in total. The van der Waals surface area contributed by atoms with E-state index in [9.17, 15) is 19.0 Å². The van der Waals surface area contributed by atoms with E-state index < -0.39 is 22.9 Å². The topological polar surface area (TPSA) is 126 Å². The van der Waals surface area contributed by atoms with Gasteiger partial charge in [0.2, 0.25) is 0 Å². The van der Waals surface area contributed by atoms with Crippen LogP contribution in [0.15, 0.2) is 72.8 Å². The van der Waals surface area contributed by atoms with Gasteiger partial charge in [-0.25, -0.2) is 0 Å². The minimum absolute atomic E-state index is 0. The quantitative estimate of drug-likeness (QED) is 0.131. The van der Waals surface area contributed by atoms with E-state index in [1.807, 2.05) is 67.6 Å². The molecule has 11 heteroatoms. The Morgan fingerprint density at radius 2 is 1.79 bits per heavy atom. The van der Waals surface area contributed by atoms with Gasteiger partial charge in [0.25, 0.3) is 5.91 Å². The standard InChI is InChI=1S/C32H44N4O5S.ClH/c1-3-34-27-20-26(21-28(22-27)36-17-9-10-18-42(36,39)40)32(38)35-29(19-24-11-5-4-6-12-24)30(37)23-33-16-15-25-13-7-8-14-31(25)41-2;/h4-8,11-14,20-22,29-30,33-34,37,39-40H,3,9-10,15-19,23H2,1-2H3,(H,35,38);1H/t29-,30-;/m0./s1. The largest absolute Gasteiger partial charge is 0.496 e. The number of methoxy groups -OCH3 is 1. The fourth-order valence-electron chi connectivity index (χ4n) is 5.23. The second-order valence-electron chi connectivity index (χ2n) is 10.5. The summed E-state index contributed by atoms with van der Waals surface area (Å²) in [6.07, 6.45) is 1.94. The first kappa shape index (κ1) is 34.5. The zero-order valence-electron chi connectivity index (χ0n) is 24.9. The van der Waals surface area contributed by atoms with Gasteiger partial charge in [0.1, 0.15) is 5.75 Å². The van der Waals surface area contributed by atoms with Crippen molar-refractivity contribution in [1.82, 2.24) is 10.6 Å². The molecule has 1 amide bonds. The number of nitrogens with zero attached hydrogens (tertiary/aromatic N) is 1. The van der Waals surface area contributed by atoms with Crippen molar-refractivity contribution in [2.75, 3.05) is 48.7 Å². The van der Waals surface area contributed by atoms with E-state index in [1.54, 1.807) is 23.5 Å². The molecule has 0 bridgehead atoms. The predicted octanol–water partition coefficient (Wildman–Crippen LogP) is 5.35. The third kappa shape index (κ3) is 9.76. The van der Waals surface area contributed by atoms with Crippen molar-refractivity contribution in [1.29, 1.82) is 0 Å². The van der Waals surface area contributed by atoms with E-state index in [-0.39, 0.29) is 18.3 Å². The molecule has 1 aliphatic rings. The number of amides is 1. The number of benzene rings is 3. The molecule has 0 radical (unpaired) electrons. The number of aliphatic hydroxyl groups excluding tert-OH is 1. The molecule has 1 fully saturated rings. The number of aliphatic hydroxyl groups is 1. The minimum atomic E-state index is -2.95. The van der Waals surface area contributed by atoms with Gasteiger partial charge in [0.05, 0.1) is 30.7 Å². The summed E-state index contributed by atoms with van der Waals surface area (Å²) in [5.41, 5.74) is 3.78. The molecule has 4 rings (SSSR count). The van der Waals surface area contributed by atoms with Crippen LogP contribution >= 0.6 is 23.2 Å². The van der Waals surface area contributed by atoms with Gasteiger partial charge in [0, 0.05) is 30.9 Å². The lowest BCUT2D eigenvalue weighted by molar-refractivity contribution is 0.0831. The summed E-state index contributed by atoms with van der Waals surface area (Å²) in [7, 11) is -1.29. The highest BCUT2D eigenvalue weighted by Gasteiger charge is 2.28. The van der Waals surface area contributed by atoms with Crippen molar-refractivity contribution in [3.63, 3.8) is 0 Å². The van der Waals surface area contributed by atoms with Crippen molar-refractivity contribution in [2.45, 2.75) is 44.8 Å². The number of carbonyl (C=O) groups excluding carboxylic acids is 1. The van der Waals surface area contributed by atoms with Gasteiger partial charge in [-0.3, -0.25) is 18.2 Å². The second-order valence-corrected chi connectivity index (χ2v) is 12.7. The van der Waals surface area contributed by atoms with Crippen LogP contribution in [0.3, 0.4) is 0 Å². The SMILES string of the molecule is CCNc1cc(C(=O)N[C@@H](Cc2ccccc2)[C@@H](O)CNCCc2ccccc2OC)cc(N2CCCCS2(O)O)c1.Cl. The maximum Gasteiger partial charge on any atom is 0.251 e. The fourth-order valence-corrected chi connectivity index (χ4v) is 6.90. The smallest absolute Gasteiger partial charge is 0.251 e. The molecule has 0 unspecified atom stereocenters. The third-order valence-corrected chi connectivity index (χ3v) is 9.36. The number of hydrogen-bond acceptors (Lipinski definition) is 8. The van der Waals surface area contributed by atoms with Crippen molar-refractivity contribution < 1.29 is 23.7 Å². The van der Waals surface area contributed by atoms with Crippen molar-refractivity contribution in [3.05, 3.63) is 89.5 Å². The molecule has 236 valence electrons. The molecule has 1 heterocycles. The van der Waals surface area contributed by atoms with Crippen LogP contribution < -0.4 is 25.0 Å². The lowest BCUT2D eigenvalue weighted by Crippen LogP contribution is -2.49. The maximum absolute atomic E-state index is 13.7. The average Bonchev–Trinajstić information content (AvgIpc) is 2.99. The number of rotatable bonds is 14. The van der Waals surface area contributed by atoms with Crippen LogP contribution in [0.2, 0.25) is 0 Å². The number of ether oxygens (including phenoxy) is 1. The van der Waals surface area contributed by atoms with Gasteiger partial charge < -0.3 is 25.8 Å². The van der Waals surface area contributed by atoms with E-state index in [0.717, 1.165) is 41.8 Å². The molecule has 43 heavy (non-hydrogen) atoms. The van der Waals surface area contributed by atoms with Gasteiger partial charge in [-0.15, -0.1) is 23.2 Å². The summed E-state index contributed by atoms with van der Waals surface area (Å²) >= 11 is 0. The summed E-state index contributed by atoms with van der Waals surface area (Å²) < 4.78 is 28.5. The van der Waals surface area contributed by atoms with Gasteiger partial charge in [-0.1, -0.05) is 48.5 Å². The van der Waals surface area contributed by atoms with E-state index in [2.05, 4.69) is 16.0 Å². The first-order chi connectivity index (χ1) is 20.3. The molecule has 1 aliphatic heterocycles. The maximum atomic E-state index is 13.7. The molecule has 9 nitrogen and oxygen atoms in total. The highest BCUT2D eigenvalue weighted by atomic mass is 35.5. The molecule has 2 atom stereocenters. The van der Waals surface area contributed by atoms with E-state index >= 15 is 0 Å². The molecule has 0 spiro atoms. The first-order valence-electron chi connectivity index (χ1n) is 14.6. The summed E-state index contributed by atoms with van der Waals surface area (Å²) in [6, 6.07) is 22.4. The van der Waals surface area contributed by atoms with Gasteiger partial charge in [-0.05, 0) is 74.5 Å². The Morgan fingerprint density at radius 1 is 1.05 bits per heavy atom. The minimum Gasteiger partial charge on any atom is -0.496 e. The van der Waals surface area contributed by atoms with Crippen LogP contribution in [0.1, 0.15) is 41.3 Å². The lowest BCUT2D eigenvalue weighted by Gasteiger charge is -2.47. The van der Waals surface area contributed by atoms with Crippen LogP contribution in [0.5, 0.6) is 5.75 Å². The molecule has 1 saturated heterocycles. The van der Waals surface area contributed by atoms with Gasteiger partial charge >= 0.3 is 0 Å². The molecule has 0 aromatic heterocycles. The lowest BCUT2D eigenvalue weighted by atomic mass is 10.00. The third-order valence-electron chi connectivity index (χ3n) is 7.43. The summed E-state index contributed by atoms with van der Waals surface area (Å²) in [5, 5.41) is 20.9. The normalized spacial score (nSPS) is 16.3. The van der Waals surface area contributed by atoms with Crippen LogP contribution in [0.25, 0.3) is 0 Å². The summed E-state index contributed by atoms with van der Waals surface area (Å²) in [4.78, 5) is 13.7. The van der Waals surface area contributed by atoms with E-state index in [0.29, 0.717) is 49.6 Å². The molecule has 0 aliphatic carbocycles. The Hall–Kier alpha value is -2.99. The summed E-state index contributed by atoms with van der Waals surface area (Å²) in [6.45, 7) is 4.06. The first-order valence-corrected chi connectivity index (χ1v) is 16.3. The van der Waals surface area contributed by atoms with Crippen LogP contribution in [0, 0.1) is 0 Å². The number of para-hydroxylation sites is 1. The fraction of sp³-hybridized carbons (Fsp3) is 0.406. The highest BCUT2D eigenvalue weighted by Crippen LogP contribution is 2.50. The molecule has 3 aromatic rings.